The molecule has 7 heteroatoms. The number of rotatable bonds is 4. The van der Waals surface area contributed by atoms with E-state index in [9.17, 15) is 18.9 Å². The van der Waals surface area contributed by atoms with Crippen molar-refractivity contribution in [3.63, 3.8) is 0 Å². The Morgan fingerprint density at radius 2 is 2.00 bits per heavy atom. The van der Waals surface area contributed by atoms with E-state index in [0.29, 0.717) is 11.3 Å². The fourth-order valence-electron chi connectivity index (χ4n) is 1.63. The molecule has 0 saturated carbocycles. The normalized spacial score (nSPS) is 11.3. The van der Waals surface area contributed by atoms with Crippen LogP contribution in [0.25, 0.3) is 0 Å². The van der Waals surface area contributed by atoms with Crippen LogP contribution in [0, 0.1) is 21.7 Å². The maximum absolute atomic E-state index is 13.4. The highest BCUT2D eigenvalue weighted by molar-refractivity contribution is 5.99. The van der Waals surface area contributed by atoms with Gasteiger partial charge in [0.05, 0.1) is 16.3 Å². The average molecular weight is 291 g/mol. The van der Waals surface area contributed by atoms with E-state index in [2.05, 4.69) is 10.5 Å². The summed E-state index contributed by atoms with van der Waals surface area (Å²) in [5.74, 6) is -1.46. The molecule has 21 heavy (non-hydrogen) atoms. The zero-order chi connectivity index (χ0) is 15.4. The van der Waals surface area contributed by atoms with Gasteiger partial charge in [0.15, 0.2) is 5.82 Å². The molecule has 108 valence electrons. The van der Waals surface area contributed by atoms with E-state index in [1.165, 1.54) is 24.3 Å². The lowest BCUT2D eigenvalue weighted by atomic mass is 10.1. The molecule has 0 unspecified atom stereocenters. The highest BCUT2D eigenvalue weighted by Crippen LogP contribution is 2.16. The van der Waals surface area contributed by atoms with Gasteiger partial charge in [0, 0.05) is 23.8 Å². The Morgan fingerprint density at radius 3 is 2.67 bits per heavy atom. The minimum atomic E-state index is -0.773. The summed E-state index contributed by atoms with van der Waals surface area (Å²) < 4.78 is 26.2. The van der Waals surface area contributed by atoms with Gasteiger partial charge in [-0.2, -0.15) is 5.10 Å². The standard InChI is InChI=1S/C14H11F2N3O2/c1-9(10-3-2-4-12(7-10)19(20)21)17-18-14-6-5-11(15)8-13(14)16/h2-8,18H,1H3/b17-9+. The van der Waals surface area contributed by atoms with E-state index in [-0.39, 0.29) is 11.4 Å². The van der Waals surface area contributed by atoms with Crippen LogP contribution in [0.3, 0.4) is 0 Å². The van der Waals surface area contributed by atoms with Crippen molar-refractivity contribution in [1.82, 2.24) is 0 Å². The van der Waals surface area contributed by atoms with Gasteiger partial charge >= 0.3 is 0 Å². The summed E-state index contributed by atoms with van der Waals surface area (Å²) in [6.07, 6.45) is 0. The van der Waals surface area contributed by atoms with Crippen molar-refractivity contribution in [3.8, 4) is 0 Å². The third-order valence-corrected chi connectivity index (χ3v) is 2.75. The SMILES string of the molecule is C/C(=N\Nc1ccc(F)cc1F)c1cccc([N+](=O)[O-])c1. The van der Waals surface area contributed by atoms with E-state index < -0.39 is 16.6 Å². The van der Waals surface area contributed by atoms with Crippen molar-refractivity contribution >= 4 is 17.1 Å². The zero-order valence-electron chi connectivity index (χ0n) is 11.0. The Hall–Kier alpha value is -2.83. The second-order valence-electron chi connectivity index (χ2n) is 4.24. The number of halogens is 2. The number of anilines is 1. The van der Waals surface area contributed by atoms with Crippen LogP contribution in [-0.2, 0) is 0 Å². The molecule has 0 radical (unpaired) electrons. The smallest absolute Gasteiger partial charge is 0.270 e. The van der Waals surface area contributed by atoms with E-state index in [4.69, 9.17) is 0 Å². The number of nitrogens with one attached hydrogen (secondary N) is 1. The zero-order valence-corrected chi connectivity index (χ0v) is 11.0. The van der Waals surface area contributed by atoms with Gasteiger partial charge in [-0.25, -0.2) is 8.78 Å². The van der Waals surface area contributed by atoms with Crippen LogP contribution in [0.1, 0.15) is 12.5 Å². The predicted octanol–water partition coefficient (Wildman–Crippen LogP) is 3.71. The molecule has 2 rings (SSSR count). The first-order chi connectivity index (χ1) is 9.97. The number of nitrogens with zero attached hydrogens (tertiary/aromatic N) is 2. The van der Waals surface area contributed by atoms with Crippen LogP contribution in [0.4, 0.5) is 20.2 Å². The number of non-ortho nitro benzene ring substituents is 1. The topological polar surface area (TPSA) is 67.5 Å². The number of nitro benzene ring substituents is 1. The first-order valence-electron chi connectivity index (χ1n) is 5.97. The molecule has 0 aliphatic rings. The molecule has 2 aromatic carbocycles. The predicted molar refractivity (Wildman–Crippen MR) is 75.3 cm³/mol. The molecule has 0 bridgehead atoms. The van der Waals surface area contributed by atoms with Crippen molar-refractivity contribution in [3.05, 3.63) is 69.8 Å². The maximum atomic E-state index is 13.4. The molecule has 0 heterocycles. The van der Waals surface area contributed by atoms with E-state index >= 15 is 0 Å². The number of benzene rings is 2. The lowest BCUT2D eigenvalue weighted by Crippen LogP contribution is -2.02. The number of nitro groups is 1. The van der Waals surface area contributed by atoms with Gasteiger partial charge in [0.25, 0.3) is 5.69 Å². The molecule has 0 aromatic heterocycles. The van der Waals surface area contributed by atoms with Crippen molar-refractivity contribution in [1.29, 1.82) is 0 Å². The Morgan fingerprint density at radius 1 is 1.24 bits per heavy atom. The lowest BCUT2D eigenvalue weighted by molar-refractivity contribution is -0.384. The summed E-state index contributed by atoms with van der Waals surface area (Å²) in [4.78, 5) is 10.2. The summed E-state index contributed by atoms with van der Waals surface area (Å²) in [5.41, 5.74) is 3.38. The Balaban J connectivity index is 2.21. The molecule has 2 aromatic rings. The van der Waals surface area contributed by atoms with Crippen LogP contribution in [-0.4, -0.2) is 10.6 Å². The van der Waals surface area contributed by atoms with Crippen molar-refractivity contribution in [2.24, 2.45) is 5.10 Å². The van der Waals surface area contributed by atoms with E-state index in [1.54, 1.807) is 13.0 Å². The molecule has 0 amide bonds. The molecule has 0 aliphatic carbocycles. The molecule has 0 atom stereocenters. The van der Waals surface area contributed by atoms with Gasteiger partial charge in [0.2, 0.25) is 0 Å². The highest BCUT2D eigenvalue weighted by Gasteiger charge is 2.08. The first-order valence-corrected chi connectivity index (χ1v) is 5.97. The van der Waals surface area contributed by atoms with Crippen molar-refractivity contribution in [2.45, 2.75) is 6.92 Å². The molecular formula is C14H11F2N3O2. The van der Waals surface area contributed by atoms with Crippen LogP contribution >= 0.6 is 0 Å². The number of hydrogen-bond acceptors (Lipinski definition) is 4. The van der Waals surface area contributed by atoms with Gasteiger partial charge < -0.3 is 0 Å². The molecule has 0 fully saturated rings. The van der Waals surface area contributed by atoms with Crippen molar-refractivity contribution in [2.75, 3.05) is 5.43 Å². The lowest BCUT2D eigenvalue weighted by Gasteiger charge is -2.05. The largest absolute Gasteiger partial charge is 0.275 e. The van der Waals surface area contributed by atoms with Gasteiger partial charge in [-0.1, -0.05) is 12.1 Å². The molecule has 0 spiro atoms. The fourth-order valence-corrected chi connectivity index (χ4v) is 1.63. The number of hydrazone groups is 1. The monoisotopic (exact) mass is 291 g/mol. The van der Waals surface area contributed by atoms with Crippen LogP contribution in [0.15, 0.2) is 47.6 Å². The summed E-state index contributed by atoms with van der Waals surface area (Å²) >= 11 is 0. The minimum Gasteiger partial charge on any atom is -0.275 e. The maximum Gasteiger partial charge on any atom is 0.270 e. The summed E-state index contributed by atoms with van der Waals surface area (Å²) in [5, 5.41) is 14.6. The summed E-state index contributed by atoms with van der Waals surface area (Å²) in [6.45, 7) is 1.62. The Kier molecular flexibility index (Phi) is 4.22. The van der Waals surface area contributed by atoms with E-state index in [1.807, 2.05) is 0 Å². The van der Waals surface area contributed by atoms with Crippen LogP contribution in [0.2, 0.25) is 0 Å². The van der Waals surface area contributed by atoms with Gasteiger partial charge in [-0.05, 0) is 19.1 Å². The fraction of sp³-hybridized carbons (Fsp3) is 0.0714. The molecule has 5 nitrogen and oxygen atoms in total. The van der Waals surface area contributed by atoms with Gasteiger partial charge in [-0.15, -0.1) is 0 Å². The highest BCUT2D eigenvalue weighted by atomic mass is 19.1. The minimum absolute atomic E-state index is 0.0150. The second-order valence-corrected chi connectivity index (χ2v) is 4.24. The van der Waals surface area contributed by atoms with Crippen molar-refractivity contribution < 1.29 is 13.7 Å². The Labute approximate surface area is 119 Å². The second kappa shape index (κ2) is 6.08. The number of hydrogen-bond donors (Lipinski definition) is 1. The molecule has 0 aliphatic heterocycles. The van der Waals surface area contributed by atoms with Crippen LogP contribution in [0.5, 0.6) is 0 Å². The Bertz CT molecular complexity index is 717. The third kappa shape index (κ3) is 3.59. The summed E-state index contributed by atoms with van der Waals surface area (Å²) in [7, 11) is 0. The molecular weight excluding hydrogens is 280 g/mol. The molecule has 0 saturated heterocycles. The quantitative estimate of drug-likeness (QED) is 0.530. The molecule has 1 N–H and O–H groups in total. The average Bonchev–Trinajstić information content (AvgIpc) is 2.46. The van der Waals surface area contributed by atoms with Gasteiger partial charge in [0.1, 0.15) is 5.82 Å². The third-order valence-electron chi connectivity index (χ3n) is 2.75. The first kappa shape index (κ1) is 14.6. The summed E-state index contributed by atoms with van der Waals surface area (Å²) in [6, 6.07) is 8.96. The van der Waals surface area contributed by atoms with Crippen LogP contribution < -0.4 is 5.43 Å². The van der Waals surface area contributed by atoms with E-state index in [0.717, 1.165) is 12.1 Å². The van der Waals surface area contributed by atoms with Gasteiger partial charge in [-0.3, -0.25) is 15.5 Å².